The van der Waals surface area contributed by atoms with E-state index in [1.807, 2.05) is 0 Å². The molecule has 0 saturated carbocycles. The number of carboxylic acid groups (broad SMARTS) is 1. The molecule has 0 heterocycles. The van der Waals surface area contributed by atoms with Crippen molar-refractivity contribution >= 4 is 5.97 Å². The van der Waals surface area contributed by atoms with Gasteiger partial charge >= 0.3 is 18.3 Å². The second kappa shape index (κ2) is 8.94. The minimum absolute atomic E-state index is 0.244. The monoisotopic (exact) mass is 454 g/mol. The van der Waals surface area contributed by atoms with Gasteiger partial charge in [-0.1, -0.05) is 48.5 Å². The van der Waals surface area contributed by atoms with Crippen LogP contribution in [0, 0.1) is 0 Å². The van der Waals surface area contributed by atoms with Gasteiger partial charge in [-0.3, -0.25) is 4.79 Å². The predicted molar refractivity (Wildman–Crippen MR) is 104 cm³/mol. The molecule has 0 amide bonds. The van der Waals surface area contributed by atoms with Gasteiger partial charge in [0.1, 0.15) is 17.9 Å². The van der Waals surface area contributed by atoms with Gasteiger partial charge in [0.25, 0.3) is 0 Å². The van der Waals surface area contributed by atoms with Crippen molar-refractivity contribution in [2.45, 2.75) is 25.4 Å². The number of carbonyl (C=O) groups is 1. The zero-order valence-electron chi connectivity index (χ0n) is 16.3. The van der Waals surface area contributed by atoms with E-state index in [0.29, 0.717) is 5.56 Å². The molecule has 3 nitrogen and oxygen atoms in total. The van der Waals surface area contributed by atoms with Crippen LogP contribution in [-0.4, -0.2) is 11.1 Å². The fourth-order valence-corrected chi connectivity index (χ4v) is 3.29. The van der Waals surface area contributed by atoms with Gasteiger partial charge in [-0.2, -0.15) is 26.3 Å². The van der Waals surface area contributed by atoms with Gasteiger partial charge in [-0.25, -0.2) is 0 Å². The van der Waals surface area contributed by atoms with E-state index in [4.69, 9.17) is 9.84 Å². The molecule has 0 saturated heterocycles. The minimum Gasteiger partial charge on any atom is -0.488 e. The smallest absolute Gasteiger partial charge is 0.420 e. The third-order valence-corrected chi connectivity index (χ3v) is 4.62. The number of carboxylic acids is 1. The summed E-state index contributed by atoms with van der Waals surface area (Å²) in [4.78, 5) is 11.2. The Morgan fingerprint density at radius 2 is 1.41 bits per heavy atom. The summed E-state index contributed by atoms with van der Waals surface area (Å²) in [6, 6.07) is 14.7. The van der Waals surface area contributed by atoms with Crippen LogP contribution in [0.15, 0.2) is 66.7 Å². The summed E-state index contributed by atoms with van der Waals surface area (Å²) in [7, 11) is 0. The number of hydrogen-bond donors (Lipinski definition) is 1. The highest BCUT2D eigenvalue weighted by atomic mass is 19.4. The predicted octanol–water partition coefficient (Wildman–Crippen LogP) is 6.60. The van der Waals surface area contributed by atoms with Crippen LogP contribution in [0.5, 0.6) is 5.75 Å². The van der Waals surface area contributed by atoms with Crippen LogP contribution in [0.2, 0.25) is 0 Å². The molecule has 1 N–H and O–H groups in total. The Balaban J connectivity index is 2.12. The minimum atomic E-state index is -4.99. The maximum absolute atomic E-state index is 13.8. The second-order valence-corrected chi connectivity index (χ2v) is 6.89. The summed E-state index contributed by atoms with van der Waals surface area (Å²) < 4.78 is 86.5. The molecule has 168 valence electrons. The molecule has 3 aromatic rings. The van der Waals surface area contributed by atoms with Crippen molar-refractivity contribution in [3.63, 3.8) is 0 Å². The topological polar surface area (TPSA) is 46.5 Å². The fraction of sp³-hybridized carbons (Fsp3) is 0.174. The molecule has 0 aliphatic carbocycles. The van der Waals surface area contributed by atoms with Crippen molar-refractivity contribution in [1.29, 1.82) is 0 Å². The first-order chi connectivity index (χ1) is 15.0. The molecule has 0 unspecified atom stereocenters. The first-order valence-electron chi connectivity index (χ1n) is 9.26. The Morgan fingerprint density at radius 1 is 0.781 bits per heavy atom. The van der Waals surface area contributed by atoms with Crippen LogP contribution in [0.3, 0.4) is 0 Å². The van der Waals surface area contributed by atoms with Crippen molar-refractivity contribution in [3.05, 3.63) is 89.0 Å². The van der Waals surface area contributed by atoms with Crippen LogP contribution >= 0.6 is 0 Å². The molecule has 9 heteroatoms. The number of aliphatic carboxylic acids is 1. The molecule has 0 bridgehead atoms. The summed E-state index contributed by atoms with van der Waals surface area (Å²) >= 11 is 0. The average molecular weight is 454 g/mol. The molecule has 0 aromatic heterocycles. The van der Waals surface area contributed by atoms with E-state index in [9.17, 15) is 31.1 Å². The Kier molecular flexibility index (Phi) is 6.47. The lowest BCUT2D eigenvalue weighted by molar-refractivity contribution is -0.142. The SMILES string of the molecule is O=C(O)Cc1cc(-c2ccccc2)cc(OCc2ccccc2C(F)(F)F)c1C(F)(F)F. The molecule has 0 aliphatic rings. The van der Waals surface area contributed by atoms with Crippen molar-refractivity contribution in [2.24, 2.45) is 0 Å². The van der Waals surface area contributed by atoms with Gasteiger partial charge in [-0.15, -0.1) is 0 Å². The van der Waals surface area contributed by atoms with Crippen LogP contribution < -0.4 is 4.74 Å². The maximum atomic E-state index is 13.8. The van der Waals surface area contributed by atoms with Gasteiger partial charge in [0, 0.05) is 5.56 Å². The Bertz CT molecular complexity index is 1100. The summed E-state index contributed by atoms with van der Waals surface area (Å²) in [5.41, 5.74) is -2.52. The second-order valence-electron chi connectivity index (χ2n) is 6.89. The van der Waals surface area contributed by atoms with E-state index in [0.717, 1.165) is 30.3 Å². The molecular formula is C23H16F6O3. The standard InChI is InChI=1S/C23H16F6O3/c24-22(25,26)18-9-5-4-8-15(18)13-32-19-11-16(14-6-2-1-3-7-14)10-17(12-20(30)31)21(19)23(27,28)29/h1-11H,12-13H2,(H,30,31). The third kappa shape index (κ3) is 5.40. The molecule has 3 rings (SSSR count). The Morgan fingerprint density at radius 3 is 2.00 bits per heavy atom. The van der Waals surface area contributed by atoms with Crippen LogP contribution in [0.4, 0.5) is 26.3 Å². The number of benzene rings is 3. The Hall–Kier alpha value is -3.49. The first kappa shape index (κ1) is 23.2. The third-order valence-electron chi connectivity index (χ3n) is 4.62. The first-order valence-corrected chi connectivity index (χ1v) is 9.26. The van der Waals surface area contributed by atoms with Gasteiger partial charge in [0.15, 0.2) is 0 Å². The van der Waals surface area contributed by atoms with E-state index in [-0.39, 0.29) is 11.1 Å². The van der Waals surface area contributed by atoms with Gasteiger partial charge < -0.3 is 9.84 Å². The van der Waals surface area contributed by atoms with Crippen LogP contribution in [0.1, 0.15) is 22.3 Å². The number of halogens is 6. The fourth-order valence-electron chi connectivity index (χ4n) is 3.29. The molecule has 0 spiro atoms. The van der Waals surface area contributed by atoms with Gasteiger partial charge in [0.05, 0.1) is 12.0 Å². The number of ether oxygens (including phenoxy) is 1. The van der Waals surface area contributed by atoms with Crippen molar-refractivity contribution in [3.8, 4) is 16.9 Å². The summed E-state index contributed by atoms with van der Waals surface area (Å²) in [5, 5.41) is 9.11. The maximum Gasteiger partial charge on any atom is 0.420 e. The molecule has 0 radical (unpaired) electrons. The average Bonchev–Trinajstić information content (AvgIpc) is 2.70. The lowest BCUT2D eigenvalue weighted by atomic mass is 9.96. The lowest BCUT2D eigenvalue weighted by Gasteiger charge is -2.20. The Labute approximate surface area is 178 Å². The van der Waals surface area contributed by atoms with Crippen molar-refractivity contribution < 1.29 is 41.0 Å². The van der Waals surface area contributed by atoms with Gasteiger partial charge in [0.2, 0.25) is 0 Å². The van der Waals surface area contributed by atoms with Crippen LogP contribution in [-0.2, 0) is 30.2 Å². The van der Waals surface area contributed by atoms with Crippen molar-refractivity contribution in [2.75, 3.05) is 0 Å². The molecule has 3 aromatic carbocycles. The van der Waals surface area contributed by atoms with E-state index >= 15 is 0 Å². The van der Waals surface area contributed by atoms with Gasteiger partial charge in [-0.05, 0) is 34.9 Å². The highest BCUT2D eigenvalue weighted by Gasteiger charge is 2.38. The molecule has 0 atom stereocenters. The normalized spacial score (nSPS) is 11.9. The molecule has 0 aliphatic heterocycles. The quantitative estimate of drug-likeness (QED) is 0.427. The number of hydrogen-bond acceptors (Lipinski definition) is 2. The van der Waals surface area contributed by atoms with E-state index in [1.54, 1.807) is 30.3 Å². The van der Waals surface area contributed by atoms with Crippen LogP contribution in [0.25, 0.3) is 11.1 Å². The highest BCUT2D eigenvalue weighted by Crippen LogP contribution is 2.42. The zero-order chi connectivity index (χ0) is 23.5. The largest absolute Gasteiger partial charge is 0.488 e. The van der Waals surface area contributed by atoms with E-state index in [2.05, 4.69) is 0 Å². The number of rotatable bonds is 6. The lowest BCUT2D eigenvalue weighted by Crippen LogP contribution is -2.16. The molecular weight excluding hydrogens is 438 g/mol. The summed E-state index contributed by atoms with van der Waals surface area (Å²) in [6.07, 6.45) is -10.6. The van der Waals surface area contributed by atoms with E-state index in [1.165, 1.54) is 6.07 Å². The number of alkyl halides is 6. The highest BCUT2D eigenvalue weighted by molar-refractivity contribution is 5.75. The zero-order valence-corrected chi connectivity index (χ0v) is 16.3. The summed E-state index contributed by atoms with van der Waals surface area (Å²) in [5.74, 6) is -2.24. The molecule has 32 heavy (non-hydrogen) atoms. The summed E-state index contributed by atoms with van der Waals surface area (Å²) in [6.45, 7) is -0.788. The molecule has 0 fully saturated rings. The van der Waals surface area contributed by atoms with E-state index < -0.39 is 53.8 Å². The van der Waals surface area contributed by atoms with Crippen molar-refractivity contribution in [1.82, 2.24) is 0 Å².